The number of rotatable bonds is 5. The number of nitro groups is 1. The lowest BCUT2D eigenvalue weighted by Crippen LogP contribution is -2.25. The summed E-state index contributed by atoms with van der Waals surface area (Å²) in [4.78, 5) is 18.2. The average Bonchev–Trinajstić information content (AvgIpc) is 2.78. The molecule has 1 saturated heterocycles. The van der Waals surface area contributed by atoms with Gasteiger partial charge in [0.05, 0.1) is 17.6 Å². The molecule has 0 aromatic carbocycles. The van der Waals surface area contributed by atoms with E-state index >= 15 is 0 Å². The standard InChI is InChI=1S/C10H14N4O5S/c1-20-10-8(14(17)18)9(11-4-12-10)13-7-2-5(16)6(3-15)19-7/h4-7,15-16H,2-3H2,1H3,(H,11,12,13)/t5-,6+,7+/m0/s1. The lowest BCUT2D eigenvalue weighted by atomic mass is 10.2. The summed E-state index contributed by atoms with van der Waals surface area (Å²) in [5.74, 6) is 0.0325. The summed E-state index contributed by atoms with van der Waals surface area (Å²) in [7, 11) is 0. The first-order valence-corrected chi connectivity index (χ1v) is 7.03. The van der Waals surface area contributed by atoms with Gasteiger partial charge >= 0.3 is 5.69 Å². The first-order chi connectivity index (χ1) is 9.56. The van der Waals surface area contributed by atoms with Crippen molar-refractivity contribution in [2.45, 2.75) is 29.9 Å². The summed E-state index contributed by atoms with van der Waals surface area (Å²) >= 11 is 1.14. The smallest absolute Gasteiger partial charge is 0.343 e. The molecule has 0 aliphatic carbocycles. The molecule has 1 fully saturated rings. The Labute approximate surface area is 118 Å². The molecule has 3 N–H and O–H groups in total. The average molecular weight is 302 g/mol. The van der Waals surface area contributed by atoms with Crippen LogP contribution in [0.25, 0.3) is 0 Å². The van der Waals surface area contributed by atoms with Crippen molar-refractivity contribution in [1.29, 1.82) is 0 Å². The van der Waals surface area contributed by atoms with E-state index in [-0.39, 0.29) is 29.6 Å². The van der Waals surface area contributed by atoms with Crippen LogP contribution in [0.2, 0.25) is 0 Å². The SMILES string of the molecule is CSc1ncnc(N[C@H]2C[C@H](O)[C@@H](CO)O2)c1[N+](=O)[O-]. The summed E-state index contributed by atoms with van der Waals surface area (Å²) in [6.07, 6.45) is 0.936. The molecule has 0 amide bonds. The quantitative estimate of drug-likeness (QED) is 0.297. The zero-order valence-electron chi connectivity index (χ0n) is 10.6. The van der Waals surface area contributed by atoms with Gasteiger partial charge in [-0.05, 0) is 6.26 Å². The minimum atomic E-state index is -0.821. The minimum absolute atomic E-state index is 0.0325. The van der Waals surface area contributed by atoms with Gasteiger partial charge in [0.15, 0.2) is 5.03 Å². The van der Waals surface area contributed by atoms with Crippen LogP contribution >= 0.6 is 11.8 Å². The van der Waals surface area contributed by atoms with Crippen LogP contribution in [0, 0.1) is 10.1 Å². The Morgan fingerprint density at radius 2 is 2.40 bits per heavy atom. The van der Waals surface area contributed by atoms with Crippen molar-refractivity contribution < 1.29 is 19.9 Å². The number of aliphatic hydroxyl groups excluding tert-OH is 2. The highest BCUT2D eigenvalue weighted by Crippen LogP contribution is 2.32. The molecule has 9 nitrogen and oxygen atoms in total. The van der Waals surface area contributed by atoms with Crippen LogP contribution in [0.3, 0.4) is 0 Å². The number of nitrogens with one attached hydrogen (secondary N) is 1. The molecular weight excluding hydrogens is 288 g/mol. The second-order valence-electron chi connectivity index (χ2n) is 4.13. The van der Waals surface area contributed by atoms with Crippen LogP contribution in [0.15, 0.2) is 11.4 Å². The molecule has 0 radical (unpaired) electrons. The van der Waals surface area contributed by atoms with E-state index < -0.39 is 23.4 Å². The highest BCUT2D eigenvalue weighted by Gasteiger charge is 2.35. The van der Waals surface area contributed by atoms with Gasteiger partial charge in [-0.1, -0.05) is 0 Å². The molecule has 10 heteroatoms. The summed E-state index contributed by atoms with van der Waals surface area (Å²) < 4.78 is 5.33. The fourth-order valence-electron chi connectivity index (χ4n) is 1.92. The van der Waals surface area contributed by atoms with Crippen molar-refractivity contribution in [2.75, 3.05) is 18.2 Å². The molecule has 1 aliphatic heterocycles. The minimum Gasteiger partial charge on any atom is -0.394 e. The van der Waals surface area contributed by atoms with Gasteiger partial charge in [0.1, 0.15) is 18.7 Å². The highest BCUT2D eigenvalue weighted by atomic mass is 32.2. The lowest BCUT2D eigenvalue weighted by Gasteiger charge is -2.14. The van der Waals surface area contributed by atoms with E-state index in [0.717, 1.165) is 11.8 Å². The van der Waals surface area contributed by atoms with E-state index in [9.17, 15) is 15.2 Å². The first kappa shape index (κ1) is 14.9. The Kier molecular flexibility index (Phi) is 4.70. The number of nitrogens with zero attached hydrogens (tertiary/aromatic N) is 3. The fourth-order valence-corrected chi connectivity index (χ4v) is 2.44. The van der Waals surface area contributed by atoms with Gasteiger partial charge in [0.2, 0.25) is 5.82 Å². The molecule has 2 heterocycles. The van der Waals surface area contributed by atoms with Gasteiger partial charge in [-0.25, -0.2) is 9.97 Å². The third kappa shape index (κ3) is 2.98. The summed E-state index contributed by atoms with van der Waals surface area (Å²) in [6.45, 7) is -0.318. The normalized spacial score (nSPS) is 25.6. The third-order valence-corrected chi connectivity index (χ3v) is 3.55. The summed E-state index contributed by atoms with van der Waals surface area (Å²) in [6, 6.07) is 0. The molecule has 110 valence electrons. The largest absolute Gasteiger partial charge is 0.394 e. The number of thioether (sulfide) groups is 1. The van der Waals surface area contributed by atoms with Crippen LogP contribution in [-0.4, -0.2) is 56.4 Å². The Balaban J connectivity index is 2.20. The maximum atomic E-state index is 11.1. The Morgan fingerprint density at radius 3 is 2.95 bits per heavy atom. The Bertz CT molecular complexity index is 503. The predicted octanol–water partition coefficient (Wildman–Crippen LogP) is -0.0132. The highest BCUT2D eigenvalue weighted by molar-refractivity contribution is 7.98. The van der Waals surface area contributed by atoms with Gasteiger partial charge in [0.25, 0.3) is 0 Å². The maximum absolute atomic E-state index is 11.1. The van der Waals surface area contributed by atoms with Crippen molar-refractivity contribution in [1.82, 2.24) is 9.97 Å². The monoisotopic (exact) mass is 302 g/mol. The van der Waals surface area contributed by atoms with E-state index in [1.165, 1.54) is 6.33 Å². The fraction of sp³-hybridized carbons (Fsp3) is 0.600. The van der Waals surface area contributed by atoms with E-state index in [1.807, 2.05) is 0 Å². The van der Waals surface area contributed by atoms with Crippen molar-refractivity contribution >= 4 is 23.3 Å². The van der Waals surface area contributed by atoms with Crippen molar-refractivity contribution in [2.24, 2.45) is 0 Å². The zero-order valence-corrected chi connectivity index (χ0v) is 11.4. The molecular formula is C10H14N4O5S. The zero-order chi connectivity index (χ0) is 14.7. The number of anilines is 1. The van der Waals surface area contributed by atoms with Crippen LogP contribution in [0.4, 0.5) is 11.5 Å². The summed E-state index contributed by atoms with van der Waals surface area (Å²) in [5, 5.41) is 32.7. The molecule has 1 aromatic rings. The van der Waals surface area contributed by atoms with Crippen molar-refractivity contribution in [3.63, 3.8) is 0 Å². The first-order valence-electron chi connectivity index (χ1n) is 5.81. The number of aliphatic hydroxyl groups is 2. The van der Waals surface area contributed by atoms with Gasteiger partial charge in [-0.2, -0.15) is 0 Å². The predicted molar refractivity (Wildman–Crippen MR) is 70.5 cm³/mol. The van der Waals surface area contributed by atoms with Gasteiger partial charge in [0, 0.05) is 6.42 Å². The van der Waals surface area contributed by atoms with E-state index in [4.69, 9.17) is 9.84 Å². The Hall–Kier alpha value is -1.49. The number of ether oxygens (including phenoxy) is 1. The topological polar surface area (TPSA) is 131 Å². The molecule has 1 aromatic heterocycles. The van der Waals surface area contributed by atoms with Crippen molar-refractivity contribution in [3.05, 3.63) is 16.4 Å². The van der Waals surface area contributed by atoms with Gasteiger partial charge < -0.3 is 20.3 Å². The second-order valence-corrected chi connectivity index (χ2v) is 4.93. The molecule has 3 atom stereocenters. The van der Waals surface area contributed by atoms with Crippen LogP contribution in [0.5, 0.6) is 0 Å². The lowest BCUT2D eigenvalue weighted by molar-refractivity contribution is -0.387. The molecule has 0 saturated carbocycles. The van der Waals surface area contributed by atoms with E-state index in [0.29, 0.717) is 0 Å². The van der Waals surface area contributed by atoms with Crippen LogP contribution in [0.1, 0.15) is 6.42 Å². The summed E-state index contributed by atoms with van der Waals surface area (Å²) in [5.41, 5.74) is -0.231. The maximum Gasteiger partial charge on any atom is 0.343 e. The molecule has 0 bridgehead atoms. The molecule has 2 rings (SSSR count). The number of aromatic nitrogens is 2. The molecule has 20 heavy (non-hydrogen) atoms. The molecule has 1 aliphatic rings. The third-order valence-electron chi connectivity index (χ3n) is 2.87. The Morgan fingerprint density at radius 1 is 1.65 bits per heavy atom. The number of hydrogen-bond donors (Lipinski definition) is 3. The van der Waals surface area contributed by atoms with Gasteiger partial charge in [-0.15, -0.1) is 11.8 Å². The van der Waals surface area contributed by atoms with Crippen molar-refractivity contribution in [3.8, 4) is 0 Å². The van der Waals surface area contributed by atoms with Gasteiger partial charge in [-0.3, -0.25) is 10.1 Å². The van der Waals surface area contributed by atoms with E-state index in [1.54, 1.807) is 6.26 Å². The second kappa shape index (κ2) is 6.31. The van der Waals surface area contributed by atoms with Crippen LogP contribution in [-0.2, 0) is 4.74 Å². The number of hydrogen-bond acceptors (Lipinski definition) is 9. The molecule has 0 spiro atoms. The van der Waals surface area contributed by atoms with E-state index in [2.05, 4.69) is 15.3 Å². The molecule has 0 unspecified atom stereocenters. The van der Waals surface area contributed by atoms with Crippen LogP contribution < -0.4 is 5.32 Å².